The van der Waals surface area contributed by atoms with Gasteiger partial charge in [0.1, 0.15) is 0 Å². The van der Waals surface area contributed by atoms with Gasteiger partial charge in [-0.15, -0.1) is 0 Å². The van der Waals surface area contributed by atoms with Crippen molar-refractivity contribution < 1.29 is 5.11 Å². The number of benzene rings is 2. The summed E-state index contributed by atoms with van der Waals surface area (Å²) in [5.74, 6) is 0.612. The lowest BCUT2D eigenvalue weighted by Gasteiger charge is -2.12. The van der Waals surface area contributed by atoms with Crippen molar-refractivity contribution in [1.29, 1.82) is 0 Å². The zero-order chi connectivity index (χ0) is 17.8. The van der Waals surface area contributed by atoms with Gasteiger partial charge in [0.2, 0.25) is 0 Å². The number of fused-ring (bicyclic) bond motifs is 1. The van der Waals surface area contributed by atoms with E-state index in [1.165, 1.54) is 11.8 Å². The molecule has 0 aliphatic heterocycles. The summed E-state index contributed by atoms with van der Waals surface area (Å²) in [6, 6.07) is 12.8. The smallest absolute Gasteiger partial charge is 0.262 e. The molecule has 7 heteroatoms. The normalized spacial score (nSPS) is 11.2. The molecule has 25 heavy (non-hydrogen) atoms. The topological polar surface area (TPSA) is 55.1 Å². The summed E-state index contributed by atoms with van der Waals surface area (Å²) in [6.45, 7) is 0.451. The number of hydrogen-bond donors (Lipinski definition) is 1. The number of nitrogens with zero attached hydrogens (tertiary/aromatic N) is 2. The van der Waals surface area contributed by atoms with E-state index in [-0.39, 0.29) is 12.2 Å². The van der Waals surface area contributed by atoms with Gasteiger partial charge in [0, 0.05) is 18.9 Å². The number of aromatic nitrogens is 2. The summed E-state index contributed by atoms with van der Waals surface area (Å²) in [4.78, 5) is 17.4. The van der Waals surface area contributed by atoms with Crippen LogP contribution in [0.5, 0.6) is 0 Å². The third-order valence-electron chi connectivity index (χ3n) is 3.72. The Morgan fingerprint density at radius 1 is 1.12 bits per heavy atom. The molecule has 0 aliphatic rings. The first-order valence-corrected chi connectivity index (χ1v) is 9.51. The standard InChI is InChI=1S/C18H16Cl2N2O2S/c19-14-7-6-12(10-15(14)20)11-25-18-21-16-5-2-1-4-13(16)17(24)22(18)8-3-9-23/h1-2,4-7,10,23H,3,8-9,11H2. The van der Waals surface area contributed by atoms with Gasteiger partial charge in [-0.3, -0.25) is 9.36 Å². The van der Waals surface area contributed by atoms with Crippen LogP contribution < -0.4 is 5.56 Å². The first-order chi connectivity index (χ1) is 12.1. The Morgan fingerprint density at radius 2 is 1.92 bits per heavy atom. The molecule has 130 valence electrons. The van der Waals surface area contributed by atoms with Crippen LogP contribution >= 0.6 is 35.0 Å². The summed E-state index contributed by atoms with van der Waals surface area (Å²) in [5, 5.41) is 11.3. The predicted molar refractivity (Wildman–Crippen MR) is 104 cm³/mol. The van der Waals surface area contributed by atoms with Crippen molar-refractivity contribution in [2.45, 2.75) is 23.9 Å². The molecule has 0 spiro atoms. The Morgan fingerprint density at radius 3 is 2.68 bits per heavy atom. The van der Waals surface area contributed by atoms with E-state index in [9.17, 15) is 4.79 Å². The van der Waals surface area contributed by atoms with Gasteiger partial charge in [0.15, 0.2) is 5.16 Å². The van der Waals surface area contributed by atoms with Crippen molar-refractivity contribution in [2.75, 3.05) is 6.61 Å². The van der Waals surface area contributed by atoms with E-state index < -0.39 is 0 Å². The highest BCUT2D eigenvalue weighted by Crippen LogP contribution is 2.27. The summed E-state index contributed by atoms with van der Waals surface area (Å²) in [6.07, 6.45) is 0.500. The SMILES string of the molecule is O=c1c2ccccc2nc(SCc2ccc(Cl)c(Cl)c2)n1CCCO. The maximum Gasteiger partial charge on any atom is 0.262 e. The van der Waals surface area contributed by atoms with Gasteiger partial charge in [0.05, 0.1) is 20.9 Å². The van der Waals surface area contributed by atoms with Crippen LogP contribution in [-0.4, -0.2) is 21.3 Å². The molecule has 3 rings (SSSR count). The van der Waals surface area contributed by atoms with Gasteiger partial charge in [-0.25, -0.2) is 4.98 Å². The molecule has 0 atom stereocenters. The molecule has 4 nitrogen and oxygen atoms in total. The molecule has 0 aliphatic carbocycles. The summed E-state index contributed by atoms with van der Waals surface area (Å²) >= 11 is 13.5. The quantitative estimate of drug-likeness (QED) is 0.497. The van der Waals surface area contributed by atoms with Gasteiger partial charge in [-0.2, -0.15) is 0 Å². The highest BCUT2D eigenvalue weighted by Gasteiger charge is 2.12. The average molecular weight is 395 g/mol. The minimum atomic E-state index is -0.0873. The maximum atomic E-state index is 12.8. The molecule has 0 fully saturated rings. The number of aliphatic hydroxyl groups is 1. The molecule has 0 bridgehead atoms. The van der Waals surface area contributed by atoms with Gasteiger partial charge >= 0.3 is 0 Å². The molecular weight excluding hydrogens is 379 g/mol. The van der Waals surface area contributed by atoms with E-state index >= 15 is 0 Å². The van der Waals surface area contributed by atoms with Crippen molar-refractivity contribution >= 4 is 45.9 Å². The van der Waals surface area contributed by atoms with Crippen molar-refractivity contribution in [1.82, 2.24) is 9.55 Å². The van der Waals surface area contributed by atoms with Crippen molar-refractivity contribution in [2.24, 2.45) is 0 Å². The summed E-state index contributed by atoms with van der Waals surface area (Å²) < 4.78 is 1.63. The number of hydrogen-bond acceptors (Lipinski definition) is 4. The van der Waals surface area contributed by atoms with Crippen LogP contribution in [0, 0.1) is 0 Å². The third kappa shape index (κ3) is 4.18. The van der Waals surface area contributed by atoms with Crippen LogP contribution in [0.15, 0.2) is 52.4 Å². The third-order valence-corrected chi connectivity index (χ3v) is 5.50. The molecule has 0 saturated carbocycles. The van der Waals surface area contributed by atoms with Gasteiger partial charge in [-0.05, 0) is 36.2 Å². The predicted octanol–water partition coefficient (Wildman–Crippen LogP) is 4.38. The van der Waals surface area contributed by atoms with Crippen molar-refractivity contribution in [3.8, 4) is 0 Å². The van der Waals surface area contributed by atoms with Crippen LogP contribution in [0.25, 0.3) is 10.9 Å². The molecule has 1 heterocycles. The molecular formula is C18H16Cl2N2O2S. The molecule has 0 saturated heterocycles. The first kappa shape index (κ1) is 18.3. The van der Waals surface area contributed by atoms with Crippen molar-refractivity contribution in [3.63, 3.8) is 0 Å². The van der Waals surface area contributed by atoms with Crippen LogP contribution in [0.1, 0.15) is 12.0 Å². The van der Waals surface area contributed by atoms with Crippen LogP contribution in [-0.2, 0) is 12.3 Å². The van der Waals surface area contributed by atoms with E-state index in [1.807, 2.05) is 30.3 Å². The molecule has 2 aromatic carbocycles. The number of para-hydroxylation sites is 1. The second kappa shape index (κ2) is 8.23. The summed E-state index contributed by atoms with van der Waals surface area (Å²) in [7, 11) is 0. The minimum Gasteiger partial charge on any atom is -0.396 e. The zero-order valence-electron chi connectivity index (χ0n) is 13.3. The molecule has 1 aromatic heterocycles. The number of aliphatic hydroxyl groups excluding tert-OH is 1. The highest BCUT2D eigenvalue weighted by atomic mass is 35.5. The highest BCUT2D eigenvalue weighted by molar-refractivity contribution is 7.98. The fourth-order valence-electron chi connectivity index (χ4n) is 2.46. The lowest BCUT2D eigenvalue weighted by Crippen LogP contribution is -2.24. The Bertz CT molecular complexity index is 959. The average Bonchev–Trinajstić information content (AvgIpc) is 2.62. The fourth-order valence-corrected chi connectivity index (χ4v) is 3.75. The Hall–Kier alpha value is -1.53. The number of rotatable bonds is 6. The Kier molecular flexibility index (Phi) is 6.02. The number of halogens is 2. The van der Waals surface area contributed by atoms with Crippen LogP contribution in [0.2, 0.25) is 10.0 Å². The Labute approximate surface area is 159 Å². The molecule has 0 unspecified atom stereocenters. The van der Waals surface area contributed by atoms with Crippen molar-refractivity contribution in [3.05, 3.63) is 68.4 Å². The van der Waals surface area contributed by atoms with E-state index in [1.54, 1.807) is 16.7 Å². The minimum absolute atomic E-state index is 0.0240. The summed E-state index contributed by atoms with van der Waals surface area (Å²) in [5.41, 5.74) is 1.58. The fraction of sp³-hybridized carbons (Fsp3) is 0.222. The van der Waals surface area contributed by atoms with E-state index in [4.69, 9.17) is 28.3 Å². The second-order valence-electron chi connectivity index (χ2n) is 5.48. The van der Waals surface area contributed by atoms with Crippen LogP contribution in [0.4, 0.5) is 0 Å². The lowest BCUT2D eigenvalue weighted by atomic mass is 10.2. The molecule has 0 amide bonds. The van der Waals surface area contributed by atoms with Gasteiger partial charge in [0.25, 0.3) is 5.56 Å². The first-order valence-electron chi connectivity index (χ1n) is 7.77. The van der Waals surface area contributed by atoms with E-state index in [2.05, 4.69) is 4.98 Å². The Balaban J connectivity index is 1.95. The second-order valence-corrected chi connectivity index (χ2v) is 7.24. The zero-order valence-corrected chi connectivity index (χ0v) is 15.6. The molecule has 0 radical (unpaired) electrons. The van der Waals surface area contributed by atoms with Crippen LogP contribution in [0.3, 0.4) is 0 Å². The molecule has 1 N–H and O–H groups in total. The maximum absolute atomic E-state index is 12.8. The monoisotopic (exact) mass is 394 g/mol. The van der Waals surface area contributed by atoms with Gasteiger partial charge < -0.3 is 5.11 Å². The largest absolute Gasteiger partial charge is 0.396 e. The number of thioether (sulfide) groups is 1. The lowest BCUT2D eigenvalue weighted by molar-refractivity contribution is 0.276. The molecule has 3 aromatic rings. The van der Waals surface area contributed by atoms with E-state index in [0.717, 1.165) is 5.56 Å². The van der Waals surface area contributed by atoms with E-state index in [0.29, 0.717) is 44.8 Å². The van der Waals surface area contributed by atoms with Gasteiger partial charge in [-0.1, -0.05) is 53.2 Å².